The fourth-order valence-corrected chi connectivity index (χ4v) is 2.99. The Morgan fingerprint density at radius 1 is 1.47 bits per heavy atom. The topological polar surface area (TPSA) is 60.2 Å². The molecule has 0 saturated carbocycles. The third kappa shape index (κ3) is 3.89. The van der Waals surface area contributed by atoms with Crippen molar-refractivity contribution < 1.29 is 4.74 Å². The molecule has 0 aliphatic carbocycles. The molecular formula is C14H21N3OS. The van der Waals surface area contributed by atoms with Gasteiger partial charge in [-0.25, -0.2) is 4.98 Å². The minimum atomic E-state index is 0.306. The lowest BCUT2D eigenvalue weighted by Crippen LogP contribution is -2.25. The maximum absolute atomic E-state index is 5.57. The highest BCUT2D eigenvalue weighted by Crippen LogP contribution is 2.25. The Balaban J connectivity index is 2.08. The summed E-state index contributed by atoms with van der Waals surface area (Å²) < 4.78 is 6.47. The summed E-state index contributed by atoms with van der Waals surface area (Å²) in [5.74, 6) is 0. The first kappa shape index (κ1) is 14.2. The Morgan fingerprint density at radius 2 is 2.32 bits per heavy atom. The molecule has 0 bridgehead atoms. The van der Waals surface area contributed by atoms with E-state index in [-0.39, 0.29) is 0 Å². The molecule has 2 rings (SSSR count). The molecule has 1 heterocycles. The van der Waals surface area contributed by atoms with Crippen molar-refractivity contribution in [3.63, 3.8) is 0 Å². The van der Waals surface area contributed by atoms with E-state index in [1.54, 1.807) is 18.4 Å². The van der Waals surface area contributed by atoms with Crippen molar-refractivity contribution in [1.29, 1.82) is 0 Å². The molecule has 0 saturated heterocycles. The summed E-state index contributed by atoms with van der Waals surface area (Å²) in [6.45, 7) is 3.45. The van der Waals surface area contributed by atoms with Gasteiger partial charge in [0.15, 0.2) is 0 Å². The zero-order valence-corrected chi connectivity index (χ0v) is 12.3. The van der Waals surface area contributed by atoms with E-state index in [0.29, 0.717) is 12.6 Å². The zero-order valence-electron chi connectivity index (χ0n) is 11.5. The molecule has 0 amide bonds. The average Bonchev–Trinajstić information content (AvgIpc) is 2.75. The molecule has 3 N–H and O–H groups in total. The van der Waals surface area contributed by atoms with Crippen LogP contribution >= 0.6 is 11.3 Å². The molecule has 5 heteroatoms. The number of hydrogen-bond acceptors (Lipinski definition) is 5. The molecule has 0 aliphatic heterocycles. The third-order valence-corrected chi connectivity index (χ3v) is 3.92. The zero-order chi connectivity index (χ0) is 13.7. The van der Waals surface area contributed by atoms with Gasteiger partial charge < -0.3 is 15.8 Å². The molecule has 2 aromatic rings. The van der Waals surface area contributed by atoms with E-state index in [1.165, 1.54) is 4.70 Å². The summed E-state index contributed by atoms with van der Waals surface area (Å²) in [4.78, 5) is 4.47. The summed E-state index contributed by atoms with van der Waals surface area (Å²) in [5.41, 5.74) is 7.76. The van der Waals surface area contributed by atoms with Gasteiger partial charge in [-0.05, 0) is 44.5 Å². The van der Waals surface area contributed by atoms with Gasteiger partial charge in [0.25, 0.3) is 0 Å². The molecule has 1 atom stereocenters. The van der Waals surface area contributed by atoms with E-state index in [4.69, 9.17) is 10.5 Å². The van der Waals surface area contributed by atoms with Crippen molar-refractivity contribution >= 4 is 27.2 Å². The summed E-state index contributed by atoms with van der Waals surface area (Å²) in [5, 5.41) is 4.62. The van der Waals surface area contributed by atoms with Gasteiger partial charge in [-0.1, -0.05) is 0 Å². The number of benzene rings is 1. The molecule has 19 heavy (non-hydrogen) atoms. The number of nitrogens with two attached hydrogens (primary N) is 1. The summed E-state index contributed by atoms with van der Waals surface area (Å²) >= 11 is 1.72. The fourth-order valence-electron chi connectivity index (χ4n) is 2.13. The maximum Gasteiger partial charge on any atom is 0.0907 e. The van der Waals surface area contributed by atoms with Crippen LogP contribution in [0, 0.1) is 6.92 Å². The highest BCUT2D eigenvalue weighted by Gasteiger charge is 2.09. The Bertz CT molecular complexity index is 526. The maximum atomic E-state index is 5.57. The van der Waals surface area contributed by atoms with Crippen molar-refractivity contribution in [1.82, 2.24) is 4.98 Å². The molecule has 0 radical (unpaired) electrons. The van der Waals surface area contributed by atoms with Gasteiger partial charge >= 0.3 is 0 Å². The van der Waals surface area contributed by atoms with Crippen LogP contribution in [-0.4, -0.2) is 31.3 Å². The predicted molar refractivity (Wildman–Crippen MR) is 81.9 cm³/mol. The smallest absolute Gasteiger partial charge is 0.0907 e. The Morgan fingerprint density at radius 3 is 3.05 bits per heavy atom. The van der Waals surface area contributed by atoms with E-state index in [1.807, 2.05) is 6.92 Å². The Hall–Kier alpha value is -1.17. The van der Waals surface area contributed by atoms with Crippen LogP contribution in [-0.2, 0) is 4.74 Å². The molecular weight excluding hydrogens is 258 g/mol. The monoisotopic (exact) mass is 279 g/mol. The third-order valence-electron chi connectivity index (χ3n) is 2.99. The van der Waals surface area contributed by atoms with Crippen molar-refractivity contribution in [2.75, 3.05) is 25.6 Å². The second-order valence-corrected chi connectivity index (χ2v) is 5.88. The number of aromatic nitrogens is 1. The number of nitrogens with one attached hydrogen (secondary N) is 1. The number of ether oxygens (including phenoxy) is 1. The molecule has 1 aromatic carbocycles. The molecule has 0 aliphatic rings. The second kappa shape index (κ2) is 6.84. The number of hydrogen-bond donors (Lipinski definition) is 2. The minimum absolute atomic E-state index is 0.306. The van der Waals surface area contributed by atoms with Gasteiger partial charge in [-0.2, -0.15) is 0 Å². The largest absolute Gasteiger partial charge is 0.383 e. The number of nitrogens with zero attached hydrogens (tertiary/aromatic N) is 1. The van der Waals surface area contributed by atoms with Crippen LogP contribution in [0.1, 0.15) is 17.8 Å². The lowest BCUT2D eigenvalue weighted by Gasteiger charge is -2.18. The lowest BCUT2D eigenvalue weighted by molar-refractivity contribution is 0.182. The van der Waals surface area contributed by atoms with E-state index in [9.17, 15) is 0 Å². The highest BCUT2D eigenvalue weighted by atomic mass is 32.1. The van der Waals surface area contributed by atoms with E-state index in [2.05, 4.69) is 28.5 Å². The van der Waals surface area contributed by atoms with Crippen molar-refractivity contribution in [3.05, 3.63) is 23.2 Å². The van der Waals surface area contributed by atoms with Gasteiger partial charge in [0.05, 0.1) is 21.8 Å². The Labute approximate surface area is 118 Å². The average molecular weight is 279 g/mol. The SMILES string of the molecule is COCC(CCCN)Nc1ccc2nc(C)sc2c1. The first-order valence-corrected chi connectivity index (χ1v) is 7.37. The normalized spacial score (nSPS) is 12.8. The van der Waals surface area contributed by atoms with Gasteiger partial charge in [0, 0.05) is 18.8 Å². The summed E-state index contributed by atoms with van der Waals surface area (Å²) in [6.07, 6.45) is 2.02. The minimum Gasteiger partial charge on any atom is -0.383 e. The van der Waals surface area contributed by atoms with Crippen molar-refractivity contribution in [2.45, 2.75) is 25.8 Å². The van der Waals surface area contributed by atoms with Crippen LogP contribution in [0.4, 0.5) is 5.69 Å². The number of methoxy groups -OCH3 is 1. The number of anilines is 1. The first-order chi connectivity index (χ1) is 9.22. The molecule has 1 unspecified atom stereocenters. The molecule has 4 nitrogen and oxygen atoms in total. The van der Waals surface area contributed by atoms with Crippen molar-refractivity contribution in [3.8, 4) is 0 Å². The van der Waals surface area contributed by atoms with Crippen molar-refractivity contribution in [2.24, 2.45) is 5.73 Å². The number of rotatable bonds is 7. The van der Waals surface area contributed by atoms with Crippen LogP contribution in [0.25, 0.3) is 10.2 Å². The number of aryl methyl sites for hydroxylation is 1. The van der Waals surface area contributed by atoms with Crippen LogP contribution in [0.5, 0.6) is 0 Å². The highest BCUT2D eigenvalue weighted by molar-refractivity contribution is 7.18. The van der Waals surface area contributed by atoms with Crippen LogP contribution < -0.4 is 11.1 Å². The number of fused-ring (bicyclic) bond motifs is 1. The first-order valence-electron chi connectivity index (χ1n) is 6.55. The van der Waals surface area contributed by atoms with E-state index in [0.717, 1.165) is 35.6 Å². The van der Waals surface area contributed by atoms with Crippen LogP contribution in [0.15, 0.2) is 18.2 Å². The fraction of sp³-hybridized carbons (Fsp3) is 0.500. The van der Waals surface area contributed by atoms with Gasteiger partial charge in [0.1, 0.15) is 0 Å². The molecule has 1 aromatic heterocycles. The molecule has 104 valence electrons. The van der Waals surface area contributed by atoms with Gasteiger partial charge in [-0.15, -0.1) is 11.3 Å². The number of thiazole rings is 1. The standard InChI is InChI=1S/C14H21N3OS/c1-10-16-13-6-5-11(8-14(13)19-10)17-12(9-18-2)4-3-7-15/h5-6,8,12,17H,3-4,7,9,15H2,1-2H3. The van der Waals surface area contributed by atoms with Gasteiger partial charge in [-0.3, -0.25) is 0 Å². The van der Waals surface area contributed by atoms with Crippen LogP contribution in [0.2, 0.25) is 0 Å². The second-order valence-electron chi connectivity index (χ2n) is 4.64. The molecule has 0 spiro atoms. The van der Waals surface area contributed by atoms with Gasteiger partial charge in [0.2, 0.25) is 0 Å². The lowest BCUT2D eigenvalue weighted by atomic mass is 10.1. The Kier molecular flexibility index (Phi) is 5.13. The van der Waals surface area contributed by atoms with Crippen LogP contribution in [0.3, 0.4) is 0 Å². The molecule has 0 fully saturated rings. The summed E-state index contributed by atoms with van der Waals surface area (Å²) in [7, 11) is 1.73. The van der Waals surface area contributed by atoms with E-state index >= 15 is 0 Å². The predicted octanol–water partition coefficient (Wildman–Crippen LogP) is 2.77. The summed E-state index contributed by atoms with van der Waals surface area (Å²) in [6, 6.07) is 6.60. The quantitative estimate of drug-likeness (QED) is 0.818. The van der Waals surface area contributed by atoms with E-state index < -0.39 is 0 Å².